The average Bonchev–Trinajstić information content (AvgIpc) is 2.93. The van der Waals surface area contributed by atoms with E-state index in [-0.39, 0.29) is 40.6 Å². The maximum atomic E-state index is 13.7. The summed E-state index contributed by atoms with van der Waals surface area (Å²) in [6, 6.07) is 10.6. The van der Waals surface area contributed by atoms with Crippen LogP contribution >= 0.6 is 0 Å². The zero-order valence-corrected chi connectivity index (χ0v) is 21.2. The van der Waals surface area contributed by atoms with Gasteiger partial charge >= 0.3 is 12.2 Å². The number of nitrogens with zero attached hydrogens (tertiary/aromatic N) is 3. The van der Waals surface area contributed by atoms with Crippen molar-refractivity contribution >= 4 is 34.3 Å². The van der Waals surface area contributed by atoms with Gasteiger partial charge in [-0.2, -0.15) is 13.2 Å². The van der Waals surface area contributed by atoms with Crippen LogP contribution < -0.4 is 31.8 Å². The molecular weight excluding hydrogens is 527 g/mol. The minimum absolute atomic E-state index is 0.0346. The number of nitrogens with one attached hydrogen (secondary N) is 3. The highest BCUT2D eigenvalue weighted by atomic mass is 19.4. The molecule has 0 saturated carbocycles. The summed E-state index contributed by atoms with van der Waals surface area (Å²) in [4.78, 5) is 32.8. The van der Waals surface area contributed by atoms with Crippen molar-refractivity contribution in [3.05, 3.63) is 76.8 Å². The first-order valence-corrected chi connectivity index (χ1v) is 12.5. The van der Waals surface area contributed by atoms with E-state index in [1.807, 2.05) is 0 Å². The Hall–Kier alpha value is -4.65. The molecule has 2 aromatic carbocycles. The maximum absolute atomic E-state index is 13.7. The number of carbonyl (C=O) groups excluding carboxylic acids is 1. The SMILES string of the molecule is Nc1ncnc2c1c(=O)ccn2-c1ccc(NC(=O)Nc2ccc(OCC3CCNCC3)c(C(F)(F)F)c2)cc1. The van der Waals surface area contributed by atoms with E-state index in [0.29, 0.717) is 17.0 Å². The molecular formula is C27H26F3N7O3. The molecule has 5 N–H and O–H groups in total. The van der Waals surface area contributed by atoms with Crippen LogP contribution in [0.4, 0.5) is 35.2 Å². The number of anilines is 3. The minimum atomic E-state index is -4.66. The molecule has 0 unspecified atom stereocenters. The van der Waals surface area contributed by atoms with Gasteiger partial charge in [0.05, 0.1) is 12.2 Å². The summed E-state index contributed by atoms with van der Waals surface area (Å²) >= 11 is 0. The van der Waals surface area contributed by atoms with Crippen LogP contribution in [0.5, 0.6) is 5.75 Å². The van der Waals surface area contributed by atoms with Gasteiger partial charge in [-0.15, -0.1) is 0 Å². The first-order valence-electron chi connectivity index (χ1n) is 12.5. The highest BCUT2D eigenvalue weighted by molar-refractivity contribution is 6.00. The van der Waals surface area contributed by atoms with E-state index in [1.54, 1.807) is 35.0 Å². The number of piperidine rings is 1. The molecule has 1 fully saturated rings. The average molecular weight is 554 g/mol. The predicted molar refractivity (Wildman–Crippen MR) is 145 cm³/mol. The fraction of sp³-hybridized carbons (Fsp3) is 0.259. The van der Waals surface area contributed by atoms with E-state index in [4.69, 9.17) is 10.5 Å². The van der Waals surface area contributed by atoms with E-state index in [0.717, 1.165) is 32.0 Å². The van der Waals surface area contributed by atoms with Gasteiger partial charge in [0.25, 0.3) is 0 Å². The first kappa shape index (κ1) is 26.9. The fourth-order valence-electron chi connectivity index (χ4n) is 4.52. The van der Waals surface area contributed by atoms with Gasteiger partial charge < -0.3 is 31.0 Å². The van der Waals surface area contributed by atoms with Crippen molar-refractivity contribution in [3.8, 4) is 11.4 Å². The van der Waals surface area contributed by atoms with E-state index < -0.39 is 17.8 Å². The van der Waals surface area contributed by atoms with Crippen LogP contribution in [0.3, 0.4) is 0 Å². The van der Waals surface area contributed by atoms with Crippen molar-refractivity contribution in [2.24, 2.45) is 5.92 Å². The minimum Gasteiger partial charge on any atom is -0.493 e. The summed E-state index contributed by atoms with van der Waals surface area (Å²) in [5.74, 6) is -0.0177. The molecule has 0 atom stereocenters. The number of halogens is 3. The Balaban J connectivity index is 1.27. The van der Waals surface area contributed by atoms with Crippen molar-refractivity contribution in [2.75, 3.05) is 36.1 Å². The number of hydrogen-bond acceptors (Lipinski definition) is 7. The molecule has 40 heavy (non-hydrogen) atoms. The number of pyridine rings is 1. The lowest BCUT2D eigenvalue weighted by Gasteiger charge is -2.23. The highest BCUT2D eigenvalue weighted by Gasteiger charge is 2.35. The van der Waals surface area contributed by atoms with Crippen LogP contribution in [0.15, 0.2) is 65.8 Å². The smallest absolute Gasteiger partial charge is 0.420 e. The number of amides is 2. The number of benzene rings is 2. The van der Waals surface area contributed by atoms with Crippen LogP contribution in [0.1, 0.15) is 18.4 Å². The van der Waals surface area contributed by atoms with E-state index in [1.165, 1.54) is 24.5 Å². The summed E-state index contributed by atoms with van der Waals surface area (Å²) in [7, 11) is 0. The Kier molecular flexibility index (Phi) is 7.56. The summed E-state index contributed by atoms with van der Waals surface area (Å²) in [6.07, 6.45) is -0.176. The Morgan fingerprint density at radius 3 is 2.48 bits per heavy atom. The number of urea groups is 1. The third kappa shape index (κ3) is 5.99. The van der Waals surface area contributed by atoms with E-state index in [2.05, 4.69) is 25.9 Å². The Morgan fingerprint density at radius 1 is 1.05 bits per heavy atom. The van der Waals surface area contributed by atoms with Gasteiger partial charge in [-0.25, -0.2) is 14.8 Å². The molecule has 0 bridgehead atoms. The van der Waals surface area contributed by atoms with Crippen molar-refractivity contribution < 1.29 is 22.7 Å². The lowest BCUT2D eigenvalue weighted by molar-refractivity contribution is -0.139. The van der Waals surface area contributed by atoms with Gasteiger partial charge in [-0.3, -0.25) is 4.79 Å². The molecule has 0 aliphatic carbocycles. The van der Waals surface area contributed by atoms with Gasteiger partial charge in [-0.1, -0.05) is 0 Å². The first-order chi connectivity index (χ1) is 19.2. The van der Waals surface area contributed by atoms with Gasteiger partial charge in [-0.05, 0) is 74.3 Å². The van der Waals surface area contributed by atoms with Crippen LogP contribution in [-0.2, 0) is 6.18 Å². The number of nitrogen functional groups attached to an aromatic ring is 1. The van der Waals surface area contributed by atoms with Crippen LogP contribution in [0.25, 0.3) is 16.7 Å². The molecule has 2 amide bonds. The molecule has 1 aliphatic heterocycles. The number of ether oxygens (including phenoxy) is 1. The molecule has 3 heterocycles. The number of alkyl halides is 3. The van der Waals surface area contributed by atoms with Gasteiger partial charge in [0, 0.05) is 29.3 Å². The number of carbonyl (C=O) groups is 1. The van der Waals surface area contributed by atoms with Crippen molar-refractivity contribution in [3.63, 3.8) is 0 Å². The van der Waals surface area contributed by atoms with Crippen molar-refractivity contribution in [2.45, 2.75) is 19.0 Å². The molecule has 208 valence electrons. The summed E-state index contributed by atoms with van der Waals surface area (Å²) in [6.45, 7) is 1.83. The van der Waals surface area contributed by atoms with Crippen molar-refractivity contribution in [1.29, 1.82) is 0 Å². The van der Waals surface area contributed by atoms with Gasteiger partial charge in [0.1, 0.15) is 23.3 Å². The molecule has 10 nitrogen and oxygen atoms in total. The van der Waals surface area contributed by atoms with Gasteiger partial charge in [0.15, 0.2) is 11.1 Å². The molecule has 0 spiro atoms. The molecule has 5 rings (SSSR count). The van der Waals surface area contributed by atoms with Crippen molar-refractivity contribution in [1.82, 2.24) is 19.9 Å². The Labute approximate surface area is 226 Å². The standard InChI is InChI=1S/C27H26F3N7O3/c28-27(29,30)20-13-18(3-6-22(20)40-14-16-7-10-32-11-8-16)36-26(39)35-17-1-4-19(5-2-17)37-12-9-21(38)23-24(31)33-15-34-25(23)37/h1-6,9,12-13,15-16,32H,7-8,10-11,14H2,(H2,31,33,34)(H2,35,36,39). The molecule has 4 aromatic rings. The lowest BCUT2D eigenvalue weighted by Crippen LogP contribution is -2.30. The highest BCUT2D eigenvalue weighted by Crippen LogP contribution is 2.38. The van der Waals surface area contributed by atoms with E-state index >= 15 is 0 Å². The summed E-state index contributed by atoms with van der Waals surface area (Å²) in [5, 5.41) is 8.42. The fourth-order valence-corrected chi connectivity index (χ4v) is 4.52. The topological polar surface area (TPSA) is 136 Å². The predicted octanol–water partition coefficient (Wildman–Crippen LogP) is 4.40. The second kappa shape index (κ2) is 11.2. The normalized spacial score (nSPS) is 14.2. The van der Waals surface area contributed by atoms with Crippen LogP contribution in [-0.4, -0.2) is 40.3 Å². The Morgan fingerprint density at radius 2 is 1.75 bits per heavy atom. The largest absolute Gasteiger partial charge is 0.493 e. The molecule has 2 aromatic heterocycles. The second-order valence-corrected chi connectivity index (χ2v) is 9.35. The quantitative estimate of drug-likeness (QED) is 0.278. The van der Waals surface area contributed by atoms with Crippen LogP contribution in [0.2, 0.25) is 0 Å². The number of rotatable bonds is 6. The van der Waals surface area contributed by atoms with Crippen LogP contribution in [0, 0.1) is 5.92 Å². The van der Waals surface area contributed by atoms with E-state index in [9.17, 15) is 22.8 Å². The Bertz CT molecular complexity index is 1580. The molecule has 1 saturated heterocycles. The van der Waals surface area contributed by atoms with Gasteiger partial charge in [0.2, 0.25) is 0 Å². The number of aromatic nitrogens is 3. The molecule has 1 aliphatic rings. The maximum Gasteiger partial charge on any atom is 0.420 e. The third-order valence-corrected chi connectivity index (χ3v) is 6.59. The number of hydrogen-bond donors (Lipinski definition) is 4. The number of fused-ring (bicyclic) bond motifs is 1. The third-order valence-electron chi connectivity index (χ3n) is 6.59. The second-order valence-electron chi connectivity index (χ2n) is 9.35. The molecule has 0 radical (unpaired) electrons. The lowest BCUT2D eigenvalue weighted by atomic mass is 9.99. The number of nitrogens with two attached hydrogens (primary N) is 1. The summed E-state index contributed by atoms with van der Waals surface area (Å²) < 4.78 is 48.4. The summed E-state index contributed by atoms with van der Waals surface area (Å²) in [5.41, 5.74) is 5.88. The monoisotopic (exact) mass is 553 g/mol. The zero-order chi connectivity index (χ0) is 28.3. The zero-order valence-electron chi connectivity index (χ0n) is 21.2. The molecule has 13 heteroatoms.